The van der Waals surface area contributed by atoms with E-state index in [-0.39, 0.29) is 22.5 Å². The van der Waals surface area contributed by atoms with Gasteiger partial charge in [-0.1, -0.05) is 11.6 Å². The fraction of sp³-hybridized carbons (Fsp3) is 0. The highest BCUT2D eigenvalue weighted by Crippen LogP contribution is 2.34. The van der Waals surface area contributed by atoms with Gasteiger partial charge < -0.3 is 10.6 Å². The van der Waals surface area contributed by atoms with Crippen LogP contribution in [-0.2, 0) is 0 Å². The fourth-order valence-electron chi connectivity index (χ4n) is 2.05. The maximum Gasteiger partial charge on any atom is 0.353 e. The molecule has 0 unspecified atom stereocenters. The van der Waals surface area contributed by atoms with Crippen LogP contribution in [0.3, 0.4) is 0 Å². The van der Waals surface area contributed by atoms with E-state index in [1.165, 1.54) is 12.3 Å². The van der Waals surface area contributed by atoms with Gasteiger partial charge in [0.05, 0.1) is 10.6 Å². The highest BCUT2D eigenvalue weighted by Gasteiger charge is 2.24. The molecular formula is C15H9ClF2N6O2. The van der Waals surface area contributed by atoms with Crippen molar-refractivity contribution in [2.24, 2.45) is 0 Å². The molecule has 0 aliphatic rings. The van der Waals surface area contributed by atoms with Crippen molar-refractivity contribution in [3.8, 4) is 0 Å². The lowest BCUT2D eigenvalue weighted by molar-refractivity contribution is -0.383. The predicted molar refractivity (Wildman–Crippen MR) is 90.9 cm³/mol. The molecule has 2 aromatic heterocycles. The SMILES string of the molecule is O=[N+]([O-])c1c(Nc2ccc(F)c(F)c2)ncnc1Nc1cccnc1Cl. The van der Waals surface area contributed by atoms with Crippen molar-refractivity contribution in [1.29, 1.82) is 0 Å². The van der Waals surface area contributed by atoms with Gasteiger partial charge in [-0.3, -0.25) is 10.1 Å². The topological polar surface area (TPSA) is 106 Å². The van der Waals surface area contributed by atoms with Gasteiger partial charge in [-0.05, 0) is 24.3 Å². The van der Waals surface area contributed by atoms with E-state index >= 15 is 0 Å². The molecule has 0 radical (unpaired) electrons. The minimum atomic E-state index is -1.10. The van der Waals surface area contributed by atoms with Crippen LogP contribution in [0.5, 0.6) is 0 Å². The summed E-state index contributed by atoms with van der Waals surface area (Å²) < 4.78 is 26.4. The molecular weight excluding hydrogens is 370 g/mol. The van der Waals surface area contributed by atoms with Gasteiger partial charge in [-0.25, -0.2) is 23.7 Å². The van der Waals surface area contributed by atoms with Crippen molar-refractivity contribution in [3.05, 3.63) is 69.8 Å². The summed E-state index contributed by atoms with van der Waals surface area (Å²) in [6.07, 6.45) is 2.53. The van der Waals surface area contributed by atoms with Crippen molar-refractivity contribution in [2.75, 3.05) is 10.6 Å². The van der Waals surface area contributed by atoms with E-state index in [2.05, 4.69) is 25.6 Å². The van der Waals surface area contributed by atoms with Crippen molar-refractivity contribution in [3.63, 3.8) is 0 Å². The zero-order valence-electron chi connectivity index (χ0n) is 12.8. The second-order valence-corrected chi connectivity index (χ2v) is 5.26. The predicted octanol–water partition coefficient (Wildman–Crippen LogP) is 4.20. The number of anilines is 4. The molecule has 11 heteroatoms. The standard InChI is InChI=1S/C15H9ClF2N6O2/c16-13-11(2-1-5-19-13)23-15-12(24(25)26)14(20-7-21-15)22-8-3-4-9(17)10(18)6-8/h1-7H,(H2,20,21,22,23). The smallest absolute Gasteiger partial charge is 0.334 e. The average Bonchev–Trinajstić information content (AvgIpc) is 2.60. The maximum absolute atomic E-state index is 13.3. The lowest BCUT2D eigenvalue weighted by Gasteiger charge is -2.10. The molecule has 132 valence electrons. The Morgan fingerprint density at radius 2 is 1.77 bits per heavy atom. The van der Waals surface area contributed by atoms with E-state index in [1.807, 2.05) is 0 Å². The summed E-state index contributed by atoms with van der Waals surface area (Å²) in [7, 11) is 0. The number of rotatable bonds is 5. The normalized spacial score (nSPS) is 10.4. The van der Waals surface area contributed by atoms with E-state index < -0.39 is 22.2 Å². The molecule has 2 N–H and O–H groups in total. The Bertz CT molecular complexity index is 988. The van der Waals surface area contributed by atoms with Gasteiger partial charge in [0.25, 0.3) is 0 Å². The molecule has 0 bridgehead atoms. The Balaban J connectivity index is 1.99. The summed E-state index contributed by atoms with van der Waals surface area (Å²) >= 11 is 5.93. The van der Waals surface area contributed by atoms with Gasteiger partial charge in [-0.2, -0.15) is 0 Å². The summed E-state index contributed by atoms with van der Waals surface area (Å²) in [6.45, 7) is 0. The molecule has 0 spiro atoms. The van der Waals surface area contributed by atoms with Crippen molar-refractivity contribution < 1.29 is 13.7 Å². The monoisotopic (exact) mass is 378 g/mol. The first-order chi connectivity index (χ1) is 12.5. The summed E-state index contributed by atoms with van der Waals surface area (Å²) in [5.74, 6) is -2.50. The van der Waals surface area contributed by atoms with Crippen LogP contribution < -0.4 is 10.6 Å². The Kier molecular flexibility index (Phi) is 4.85. The van der Waals surface area contributed by atoms with Crippen molar-refractivity contribution in [2.45, 2.75) is 0 Å². The quantitative estimate of drug-likeness (QED) is 0.389. The number of hydrogen-bond donors (Lipinski definition) is 2. The Morgan fingerprint density at radius 1 is 1.04 bits per heavy atom. The Labute approximate surface area is 150 Å². The molecule has 0 saturated carbocycles. The fourth-order valence-corrected chi connectivity index (χ4v) is 2.22. The van der Waals surface area contributed by atoms with Crippen LogP contribution in [-0.4, -0.2) is 19.9 Å². The molecule has 1 aromatic carbocycles. The lowest BCUT2D eigenvalue weighted by Crippen LogP contribution is -2.06. The van der Waals surface area contributed by atoms with Gasteiger partial charge in [0, 0.05) is 18.0 Å². The van der Waals surface area contributed by atoms with Crippen LogP contribution in [0.15, 0.2) is 42.9 Å². The number of benzene rings is 1. The Hall–Kier alpha value is -3.40. The van der Waals surface area contributed by atoms with Crippen LogP contribution in [0.4, 0.5) is 37.5 Å². The van der Waals surface area contributed by atoms with Gasteiger partial charge in [0.15, 0.2) is 16.8 Å². The first-order valence-electron chi connectivity index (χ1n) is 7.04. The van der Waals surface area contributed by atoms with E-state index in [9.17, 15) is 18.9 Å². The van der Waals surface area contributed by atoms with Gasteiger partial charge in [0.1, 0.15) is 6.33 Å². The third-order valence-electron chi connectivity index (χ3n) is 3.20. The average molecular weight is 379 g/mol. The third kappa shape index (κ3) is 3.64. The molecule has 26 heavy (non-hydrogen) atoms. The highest BCUT2D eigenvalue weighted by atomic mass is 35.5. The van der Waals surface area contributed by atoms with Crippen LogP contribution in [0, 0.1) is 21.7 Å². The second-order valence-electron chi connectivity index (χ2n) is 4.90. The van der Waals surface area contributed by atoms with E-state index in [1.54, 1.807) is 12.1 Å². The van der Waals surface area contributed by atoms with Gasteiger partial charge >= 0.3 is 5.69 Å². The van der Waals surface area contributed by atoms with Crippen LogP contribution in [0.1, 0.15) is 0 Å². The number of aromatic nitrogens is 3. The number of hydrogen-bond acceptors (Lipinski definition) is 7. The third-order valence-corrected chi connectivity index (χ3v) is 3.50. The van der Waals surface area contributed by atoms with Gasteiger partial charge in [0.2, 0.25) is 11.6 Å². The summed E-state index contributed by atoms with van der Waals surface area (Å²) in [5, 5.41) is 16.9. The molecule has 0 atom stereocenters. The highest BCUT2D eigenvalue weighted by molar-refractivity contribution is 6.32. The number of pyridine rings is 1. The summed E-state index contributed by atoms with van der Waals surface area (Å²) in [6, 6.07) is 6.10. The second kappa shape index (κ2) is 7.23. The molecule has 3 rings (SSSR count). The molecule has 0 saturated heterocycles. The first-order valence-corrected chi connectivity index (χ1v) is 7.42. The van der Waals surface area contributed by atoms with Crippen LogP contribution >= 0.6 is 11.6 Å². The summed E-state index contributed by atoms with van der Waals surface area (Å²) in [5.41, 5.74) is -0.122. The minimum absolute atomic E-state index is 0.0797. The zero-order valence-corrected chi connectivity index (χ0v) is 13.5. The van der Waals surface area contributed by atoms with E-state index in [0.717, 1.165) is 18.5 Å². The van der Waals surface area contributed by atoms with Gasteiger partial charge in [-0.15, -0.1) is 0 Å². The molecule has 8 nitrogen and oxygen atoms in total. The molecule has 0 fully saturated rings. The molecule has 0 amide bonds. The van der Waals surface area contributed by atoms with Crippen molar-refractivity contribution >= 4 is 40.3 Å². The molecule has 2 heterocycles. The van der Waals surface area contributed by atoms with Crippen LogP contribution in [0.25, 0.3) is 0 Å². The largest absolute Gasteiger partial charge is 0.353 e. The molecule has 0 aliphatic carbocycles. The number of nitrogens with zero attached hydrogens (tertiary/aromatic N) is 4. The van der Waals surface area contributed by atoms with Crippen molar-refractivity contribution in [1.82, 2.24) is 15.0 Å². The number of nitro groups is 1. The van der Waals surface area contributed by atoms with E-state index in [0.29, 0.717) is 5.69 Å². The minimum Gasteiger partial charge on any atom is -0.334 e. The Morgan fingerprint density at radius 3 is 2.42 bits per heavy atom. The van der Waals surface area contributed by atoms with Crippen LogP contribution in [0.2, 0.25) is 5.15 Å². The maximum atomic E-state index is 13.3. The first kappa shape index (κ1) is 17.4. The number of nitrogens with one attached hydrogen (secondary N) is 2. The van der Waals surface area contributed by atoms with E-state index in [4.69, 9.17) is 11.6 Å². The number of halogens is 3. The molecule has 0 aliphatic heterocycles. The summed E-state index contributed by atoms with van der Waals surface area (Å²) in [4.78, 5) is 22.3. The lowest BCUT2D eigenvalue weighted by atomic mass is 10.3. The zero-order chi connectivity index (χ0) is 18.7. The molecule has 3 aromatic rings.